The fourth-order valence-corrected chi connectivity index (χ4v) is 1.67. The minimum Gasteiger partial charge on any atom is -0.506 e. The Morgan fingerprint density at radius 1 is 1.38 bits per heavy atom. The molecule has 1 aromatic carbocycles. The van der Waals surface area contributed by atoms with Gasteiger partial charge in [0.25, 0.3) is 11.6 Å². The number of non-ortho nitro benzene ring substituents is 1. The van der Waals surface area contributed by atoms with E-state index in [9.17, 15) is 20.0 Å². The second kappa shape index (κ2) is 6.01. The summed E-state index contributed by atoms with van der Waals surface area (Å²) >= 11 is 4.90. The van der Waals surface area contributed by atoms with Gasteiger partial charge in [0, 0.05) is 6.07 Å². The summed E-state index contributed by atoms with van der Waals surface area (Å²) in [6.07, 6.45) is 1.34. The van der Waals surface area contributed by atoms with Gasteiger partial charge in [-0.25, -0.2) is 0 Å². The van der Waals surface area contributed by atoms with Gasteiger partial charge >= 0.3 is 0 Å². The second-order valence-electron chi connectivity index (χ2n) is 3.84. The number of thiocarbonyl (C=S) groups is 1. The molecule has 0 spiro atoms. The Labute approximate surface area is 123 Å². The lowest BCUT2D eigenvalue weighted by molar-refractivity contribution is -0.384. The first kappa shape index (κ1) is 14.5. The second-order valence-corrected chi connectivity index (χ2v) is 4.25. The van der Waals surface area contributed by atoms with Crippen molar-refractivity contribution < 1.29 is 19.2 Å². The molecule has 8 nitrogen and oxygen atoms in total. The Morgan fingerprint density at radius 3 is 2.71 bits per heavy atom. The van der Waals surface area contributed by atoms with Gasteiger partial charge in [-0.2, -0.15) is 0 Å². The monoisotopic (exact) mass is 307 g/mol. The lowest BCUT2D eigenvalue weighted by atomic mass is 10.2. The lowest BCUT2D eigenvalue weighted by Crippen LogP contribution is -2.33. The smallest absolute Gasteiger partial charge is 0.293 e. The maximum absolute atomic E-state index is 11.7. The van der Waals surface area contributed by atoms with E-state index in [0.717, 1.165) is 6.07 Å². The van der Waals surface area contributed by atoms with Crippen LogP contribution in [-0.4, -0.2) is 21.0 Å². The predicted octanol–water partition coefficient (Wildman–Crippen LogP) is 2.02. The zero-order valence-electron chi connectivity index (χ0n) is 10.4. The molecule has 1 amide bonds. The van der Waals surface area contributed by atoms with Crippen molar-refractivity contribution in [3.8, 4) is 5.75 Å². The summed E-state index contributed by atoms with van der Waals surface area (Å²) in [5.74, 6) is -0.843. The van der Waals surface area contributed by atoms with E-state index in [0.29, 0.717) is 0 Å². The Morgan fingerprint density at radius 2 is 2.14 bits per heavy atom. The number of furan rings is 1. The van der Waals surface area contributed by atoms with Crippen LogP contribution in [0.5, 0.6) is 5.75 Å². The molecular weight excluding hydrogens is 298 g/mol. The number of nitro benzene ring substituents is 1. The summed E-state index contributed by atoms with van der Waals surface area (Å²) in [5.41, 5.74) is -0.131. The molecule has 0 atom stereocenters. The average molecular weight is 307 g/mol. The molecule has 0 aliphatic heterocycles. The van der Waals surface area contributed by atoms with Crippen LogP contribution in [0.2, 0.25) is 0 Å². The first-order valence-corrected chi connectivity index (χ1v) is 6.01. The zero-order valence-corrected chi connectivity index (χ0v) is 11.2. The molecule has 108 valence electrons. The maximum atomic E-state index is 11.7. The number of nitrogens with one attached hydrogen (secondary N) is 2. The van der Waals surface area contributed by atoms with Gasteiger partial charge in [-0.15, -0.1) is 0 Å². The molecule has 3 N–H and O–H groups in total. The third-order valence-corrected chi connectivity index (χ3v) is 2.62. The van der Waals surface area contributed by atoms with Gasteiger partial charge in [0.1, 0.15) is 5.75 Å². The van der Waals surface area contributed by atoms with Crippen LogP contribution in [0.25, 0.3) is 0 Å². The molecule has 0 aliphatic rings. The molecule has 0 radical (unpaired) electrons. The van der Waals surface area contributed by atoms with Crippen molar-refractivity contribution in [3.05, 3.63) is 52.5 Å². The summed E-state index contributed by atoms with van der Waals surface area (Å²) in [4.78, 5) is 21.6. The molecule has 21 heavy (non-hydrogen) atoms. The molecule has 0 aliphatic carbocycles. The Kier molecular flexibility index (Phi) is 4.14. The SMILES string of the molecule is O=C(NC(=S)Nc1ccc([N+](=O)[O-])cc1O)c1ccco1. The van der Waals surface area contributed by atoms with Gasteiger partial charge in [-0.05, 0) is 30.4 Å². The Balaban J connectivity index is 2.03. The van der Waals surface area contributed by atoms with Crippen molar-refractivity contribution in [2.45, 2.75) is 0 Å². The van der Waals surface area contributed by atoms with E-state index in [1.54, 1.807) is 6.07 Å². The number of carbonyl (C=O) groups excluding carboxylic acids is 1. The molecule has 0 unspecified atom stereocenters. The number of nitrogens with zero attached hydrogens (tertiary/aromatic N) is 1. The van der Waals surface area contributed by atoms with Gasteiger partial charge in [0.2, 0.25) is 0 Å². The molecule has 0 saturated heterocycles. The van der Waals surface area contributed by atoms with Crippen LogP contribution in [0, 0.1) is 10.1 Å². The molecule has 2 rings (SSSR count). The Hall–Kier alpha value is -2.94. The number of amides is 1. The van der Waals surface area contributed by atoms with Gasteiger partial charge in [0.05, 0.1) is 22.9 Å². The van der Waals surface area contributed by atoms with E-state index in [1.807, 2.05) is 0 Å². The standard InChI is InChI=1S/C12H9N3O5S/c16-9-6-7(15(18)19)3-4-8(9)13-12(21)14-11(17)10-2-1-5-20-10/h1-6,16H,(H2,13,14,17,21). The van der Waals surface area contributed by atoms with Crippen molar-refractivity contribution in [2.75, 3.05) is 5.32 Å². The first-order valence-electron chi connectivity index (χ1n) is 5.60. The largest absolute Gasteiger partial charge is 0.506 e. The van der Waals surface area contributed by atoms with Crippen molar-refractivity contribution >= 4 is 34.6 Å². The zero-order chi connectivity index (χ0) is 15.4. The van der Waals surface area contributed by atoms with Crippen LogP contribution in [0.15, 0.2) is 41.0 Å². The summed E-state index contributed by atoms with van der Waals surface area (Å²) in [6, 6.07) is 6.45. The minimum absolute atomic E-state index is 0.0760. The van der Waals surface area contributed by atoms with Crippen LogP contribution in [0.4, 0.5) is 11.4 Å². The van der Waals surface area contributed by atoms with Gasteiger partial charge in [0.15, 0.2) is 10.9 Å². The summed E-state index contributed by atoms with van der Waals surface area (Å²) in [5, 5.41) is 25.0. The highest BCUT2D eigenvalue weighted by atomic mass is 32.1. The van der Waals surface area contributed by atoms with E-state index in [2.05, 4.69) is 10.6 Å². The summed E-state index contributed by atoms with van der Waals surface area (Å²) < 4.78 is 4.89. The van der Waals surface area contributed by atoms with Crippen molar-refractivity contribution in [3.63, 3.8) is 0 Å². The molecule has 0 bridgehead atoms. The number of nitro groups is 1. The summed E-state index contributed by atoms with van der Waals surface area (Å²) in [7, 11) is 0. The fraction of sp³-hybridized carbons (Fsp3) is 0. The van der Waals surface area contributed by atoms with Crippen LogP contribution in [0.1, 0.15) is 10.6 Å². The minimum atomic E-state index is -0.638. The Bertz CT molecular complexity index is 699. The quantitative estimate of drug-likeness (QED) is 0.343. The highest BCUT2D eigenvalue weighted by Gasteiger charge is 2.13. The number of aromatic hydroxyl groups is 1. The molecule has 1 heterocycles. The number of benzene rings is 1. The molecule has 0 saturated carbocycles. The molecule has 9 heteroatoms. The number of phenols is 1. The molecule has 1 aromatic heterocycles. The van der Waals surface area contributed by atoms with Crippen molar-refractivity contribution in [2.24, 2.45) is 0 Å². The summed E-state index contributed by atoms with van der Waals surface area (Å²) in [6.45, 7) is 0. The number of anilines is 1. The number of rotatable bonds is 3. The first-order chi connectivity index (χ1) is 9.97. The predicted molar refractivity (Wildman–Crippen MR) is 77.2 cm³/mol. The third-order valence-electron chi connectivity index (χ3n) is 2.41. The van der Waals surface area contributed by atoms with Crippen LogP contribution >= 0.6 is 12.2 Å². The van der Waals surface area contributed by atoms with E-state index >= 15 is 0 Å². The number of carbonyl (C=O) groups is 1. The average Bonchev–Trinajstić information content (AvgIpc) is 2.94. The molecule has 2 aromatic rings. The number of hydrogen-bond acceptors (Lipinski definition) is 6. The highest BCUT2D eigenvalue weighted by molar-refractivity contribution is 7.80. The maximum Gasteiger partial charge on any atom is 0.293 e. The van der Waals surface area contributed by atoms with Gasteiger partial charge in [-0.3, -0.25) is 20.2 Å². The topological polar surface area (TPSA) is 118 Å². The van der Waals surface area contributed by atoms with E-state index in [-0.39, 0.29) is 28.0 Å². The van der Waals surface area contributed by atoms with E-state index in [1.165, 1.54) is 24.5 Å². The van der Waals surface area contributed by atoms with Crippen molar-refractivity contribution in [1.29, 1.82) is 0 Å². The van der Waals surface area contributed by atoms with Crippen LogP contribution in [0.3, 0.4) is 0 Å². The number of phenolic OH excluding ortho intramolecular Hbond substituents is 1. The highest BCUT2D eigenvalue weighted by Crippen LogP contribution is 2.27. The number of hydrogen-bond donors (Lipinski definition) is 3. The van der Waals surface area contributed by atoms with E-state index < -0.39 is 10.8 Å². The van der Waals surface area contributed by atoms with Gasteiger partial charge < -0.3 is 14.8 Å². The lowest BCUT2D eigenvalue weighted by Gasteiger charge is -2.09. The van der Waals surface area contributed by atoms with Crippen molar-refractivity contribution in [1.82, 2.24) is 5.32 Å². The van der Waals surface area contributed by atoms with E-state index in [4.69, 9.17) is 16.6 Å². The van der Waals surface area contributed by atoms with Gasteiger partial charge in [-0.1, -0.05) is 0 Å². The molecular formula is C12H9N3O5S. The van der Waals surface area contributed by atoms with Crippen LogP contribution in [-0.2, 0) is 0 Å². The fourth-order valence-electron chi connectivity index (χ4n) is 1.47. The third kappa shape index (κ3) is 3.54. The normalized spacial score (nSPS) is 9.90. The molecule has 0 fully saturated rings. The van der Waals surface area contributed by atoms with Crippen LogP contribution < -0.4 is 10.6 Å².